The van der Waals surface area contributed by atoms with Crippen LogP contribution < -0.4 is 0 Å². The molecule has 3 aromatic rings. The maximum absolute atomic E-state index is 12.9. The summed E-state index contributed by atoms with van der Waals surface area (Å²) < 4.78 is 34.8. The van der Waals surface area contributed by atoms with E-state index in [0.29, 0.717) is 36.7 Å². The van der Waals surface area contributed by atoms with Gasteiger partial charge in [-0.2, -0.15) is 9.40 Å². The van der Waals surface area contributed by atoms with E-state index in [9.17, 15) is 8.42 Å². The molecule has 0 N–H and O–H groups in total. The first-order chi connectivity index (χ1) is 12.4. The maximum atomic E-state index is 12.9. The number of nitrogens with zero attached hydrogens (tertiary/aromatic N) is 4. The molecule has 3 heterocycles. The van der Waals surface area contributed by atoms with Gasteiger partial charge in [-0.25, -0.2) is 13.4 Å². The van der Waals surface area contributed by atoms with Crippen LogP contribution in [-0.2, 0) is 36.5 Å². The van der Waals surface area contributed by atoms with Gasteiger partial charge in [-0.15, -0.1) is 0 Å². The summed E-state index contributed by atoms with van der Waals surface area (Å²) >= 11 is 0. The van der Waals surface area contributed by atoms with E-state index < -0.39 is 10.0 Å². The smallest absolute Gasteiger partial charge is 0.246 e. The predicted molar refractivity (Wildman–Crippen MR) is 95.0 cm³/mol. The van der Waals surface area contributed by atoms with Crippen LogP contribution in [0.5, 0.6) is 0 Å². The highest BCUT2D eigenvalue weighted by atomic mass is 32.2. The molecule has 1 aliphatic rings. The van der Waals surface area contributed by atoms with Gasteiger partial charge in [0.15, 0.2) is 5.89 Å². The Morgan fingerprint density at radius 1 is 1.23 bits per heavy atom. The first-order valence-corrected chi connectivity index (χ1v) is 9.89. The molecule has 0 radical (unpaired) electrons. The topological polar surface area (TPSA) is 81.2 Å². The molecule has 0 aliphatic carbocycles. The van der Waals surface area contributed by atoms with Crippen molar-refractivity contribution >= 4 is 10.0 Å². The van der Waals surface area contributed by atoms with Crippen LogP contribution in [0.2, 0.25) is 0 Å². The minimum absolute atomic E-state index is 0.226. The molecule has 136 valence electrons. The van der Waals surface area contributed by atoms with Crippen molar-refractivity contribution < 1.29 is 12.8 Å². The van der Waals surface area contributed by atoms with Gasteiger partial charge in [0, 0.05) is 26.4 Å². The average molecular weight is 372 g/mol. The highest BCUT2D eigenvalue weighted by molar-refractivity contribution is 7.89. The van der Waals surface area contributed by atoms with Crippen LogP contribution in [0.1, 0.15) is 28.6 Å². The minimum Gasteiger partial charge on any atom is -0.445 e. The second-order valence-electron chi connectivity index (χ2n) is 6.45. The van der Waals surface area contributed by atoms with E-state index in [-0.39, 0.29) is 11.4 Å². The van der Waals surface area contributed by atoms with E-state index in [1.807, 2.05) is 30.3 Å². The van der Waals surface area contributed by atoms with Crippen LogP contribution in [-0.4, -0.2) is 34.0 Å². The summed E-state index contributed by atoms with van der Waals surface area (Å²) in [5.74, 6) is 1.41. The predicted octanol–water partition coefficient (Wildman–Crippen LogP) is 2.05. The lowest BCUT2D eigenvalue weighted by Gasteiger charge is -2.24. The summed E-state index contributed by atoms with van der Waals surface area (Å²) in [5, 5.41) is 4.05. The number of sulfonamides is 1. The highest BCUT2D eigenvalue weighted by Gasteiger charge is 2.33. The lowest BCUT2D eigenvalue weighted by molar-refractivity contribution is 0.357. The quantitative estimate of drug-likeness (QED) is 0.700. The fourth-order valence-corrected chi connectivity index (χ4v) is 4.74. The summed E-state index contributed by atoms with van der Waals surface area (Å²) in [5.41, 5.74) is 2.44. The molecule has 0 saturated carbocycles. The van der Waals surface area contributed by atoms with Gasteiger partial charge in [-0.05, 0) is 12.5 Å². The number of fused-ring (bicyclic) bond motifs is 1. The lowest BCUT2D eigenvalue weighted by Crippen LogP contribution is -2.36. The zero-order valence-corrected chi connectivity index (χ0v) is 15.5. The van der Waals surface area contributed by atoms with Crippen LogP contribution in [0.25, 0.3) is 0 Å². The zero-order chi connectivity index (χ0) is 18.3. The van der Waals surface area contributed by atoms with Crippen molar-refractivity contribution in [1.82, 2.24) is 19.1 Å². The summed E-state index contributed by atoms with van der Waals surface area (Å²) in [4.78, 5) is 4.78. The van der Waals surface area contributed by atoms with Gasteiger partial charge in [0.1, 0.15) is 10.7 Å². The molecular formula is C18H20N4O3S. The van der Waals surface area contributed by atoms with Crippen molar-refractivity contribution in [3.63, 3.8) is 0 Å². The van der Waals surface area contributed by atoms with Crippen LogP contribution >= 0.6 is 0 Å². The molecule has 0 spiro atoms. The summed E-state index contributed by atoms with van der Waals surface area (Å²) in [6.07, 6.45) is 2.53. The monoisotopic (exact) mass is 372 g/mol. The second kappa shape index (κ2) is 6.37. The zero-order valence-electron chi connectivity index (χ0n) is 14.7. The fraction of sp³-hybridized carbons (Fsp3) is 0.333. The first kappa shape index (κ1) is 17.0. The number of rotatable bonds is 4. The van der Waals surface area contributed by atoms with Gasteiger partial charge < -0.3 is 4.42 Å². The molecule has 0 unspecified atom stereocenters. The van der Waals surface area contributed by atoms with Gasteiger partial charge in [0.05, 0.1) is 24.1 Å². The average Bonchev–Trinajstić information content (AvgIpc) is 3.18. The van der Waals surface area contributed by atoms with Crippen molar-refractivity contribution in [2.45, 2.75) is 31.2 Å². The van der Waals surface area contributed by atoms with E-state index in [1.165, 1.54) is 10.5 Å². The van der Waals surface area contributed by atoms with Crippen LogP contribution in [0.15, 0.2) is 45.8 Å². The van der Waals surface area contributed by atoms with E-state index >= 15 is 0 Å². The molecule has 0 saturated heterocycles. The third-order valence-electron chi connectivity index (χ3n) is 4.74. The van der Waals surface area contributed by atoms with Crippen molar-refractivity contribution in [3.05, 3.63) is 65.1 Å². The van der Waals surface area contributed by atoms with Gasteiger partial charge >= 0.3 is 0 Å². The highest BCUT2D eigenvalue weighted by Crippen LogP contribution is 2.27. The van der Waals surface area contributed by atoms with Gasteiger partial charge in [-0.3, -0.25) is 4.68 Å². The fourth-order valence-electron chi connectivity index (χ4n) is 3.15. The molecule has 2 aromatic heterocycles. The SMILES string of the molecule is Cc1c(S(=O)(=O)N2CCc3oc(Cc4ccccc4)nc3C2)cnn1C. The largest absolute Gasteiger partial charge is 0.445 e. The van der Waals surface area contributed by atoms with Crippen LogP contribution in [0, 0.1) is 6.92 Å². The third kappa shape index (κ3) is 2.95. The Morgan fingerprint density at radius 3 is 2.69 bits per heavy atom. The summed E-state index contributed by atoms with van der Waals surface area (Å²) in [6, 6.07) is 9.95. The Labute approximate surface area is 152 Å². The molecule has 8 heteroatoms. The number of benzene rings is 1. The van der Waals surface area contributed by atoms with E-state index in [4.69, 9.17) is 4.42 Å². The Morgan fingerprint density at radius 2 is 2.00 bits per heavy atom. The maximum Gasteiger partial charge on any atom is 0.246 e. The van der Waals surface area contributed by atoms with E-state index in [2.05, 4.69) is 10.1 Å². The van der Waals surface area contributed by atoms with Gasteiger partial charge in [-0.1, -0.05) is 30.3 Å². The van der Waals surface area contributed by atoms with Gasteiger partial charge in [0.25, 0.3) is 0 Å². The molecule has 26 heavy (non-hydrogen) atoms. The number of aromatic nitrogens is 3. The van der Waals surface area contributed by atoms with Gasteiger partial charge in [0.2, 0.25) is 10.0 Å². The molecule has 0 amide bonds. The Hall–Kier alpha value is -2.45. The third-order valence-corrected chi connectivity index (χ3v) is 6.69. The molecule has 4 rings (SSSR count). The standard InChI is InChI=1S/C18H20N4O3S/c1-13-17(11-19-21(13)2)26(23,24)22-9-8-16-15(12-22)20-18(25-16)10-14-6-4-3-5-7-14/h3-7,11H,8-10,12H2,1-2H3. The van der Waals surface area contributed by atoms with E-state index in [1.54, 1.807) is 18.7 Å². The second-order valence-corrected chi connectivity index (χ2v) is 8.35. The number of hydrogen-bond donors (Lipinski definition) is 0. The van der Waals surface area contributed by atoms with Crippen LogP contribution in [0.3, 0.4) is 0 Å². The van der Waals surface area contributed by atoms with Crippen LogP contribution in [0.4, 0.5) is 0 Å². The van der Waals surface area contributed by atoms with Crippen molar-refractivity contribution in [2.24, 2.45) is 7.05 Å². The molecular weight excluding hydrogens is 352 g/mol. The van der Waals surface area contributed by atoms with Crippen molar-refractivity contribution in [2.75, 3.05) is 6.54 Å². The van der Waals surface area contributed by atoms with Crippen molar-refractivity contribution in [3.8, 4) is 0 Å². The number of aryl methyl sites for hydroxylation is 1. The first-order valence-electron chi connectivity index (χ1n) is 8.45. The Balaban J connectivity index is 1.57. The molecule has 0 atom stereocenters. The normalized spacial score (nSPS) is 15.2. The lowest BCUT2D eigenvalue weighted by atomic mass is 10.1. The Kier molecular flexibility index (Phi) is 4.16. The molecule has 0 fully saturated rings. The number of hydrogen-bond acceptors (Lipinski definition) is 5. The van der Waals surface area contributed by atoms with Crippen molar-refractivity contribution in [1.29, 1.82) is 0 Å². The molecule has 7 nitrogen and oxygen atoms in total. The molecule has 1 aliphatic heterocycles. The Bertz CT molecular complexity index is 1040. The van der Waals surface area contributed by atoms with E-state index in [0.717, 1.165) is 11.3 Å². The molecule has 1 aromatic carbocycles. The minimum atomic E-state index is -3.60. The number of oxazole rings is 1. The summed E-state index contributed by atoms with van der Waals surface area (Å²) in [7, 11) is -1.86. The molecule has 0 bridgehead atoms. The summed E-state index contributed by atoms with van der Waals surface area (Å²) in [6.45, 7) is 2.36.